The Bertz CT molecular complexity index is 585. The first kappa shape index (κ1) is 21.9. The molecule has 27 heavy (non-hydrogen) atoms. The Balaban J connectivity index is 2.17. The minimum Gasteiger partial charge on any atom is -0.341 e. The fourth-order valence-electron chi connectivity index (χ4n) is 4.42. The third-order valence-corrected chi connectivity index (χ3v) is 6.19. The molecule has 0 aromatic rings. The van der Waals surface area contributed by atoms with Gasteiger partial charge in [0.1, 0.15) is 0 Å². The summed E-state index contributed by atoms with van der Waals surface area (Å²) in [7, 11) is 0. The molecule has 1 amide bonds. The molecule has 152 valence electrons. The van der Waals surface area contributed by atoms with Crippen LogP contribution in [0.15, 0.2) is 36.0 Å². The fourth-order valence-corrected chi connectivity index (χ4v) is 4.42. The maximum Gasteiger partial charge on any atom is 0.225 e. The van der Waals surface area contributed by atoms with Gasteiger partial charge in [-0.05, 0) is 31.3 Å². The summed E-state index contributed by atoms with van der Waals surface area (Å²) in [4.78, 5) is 15.4. The van der Waals surface area contributed by atoms with Crippen molar-refractivity contribution in [2.24, 2.45) is 28.9 Å². The molecule has 0 aromatic heterocycles. The number of likely N-dealkylation sites (tertiary alicyclic amines) is 1. The van der Waals surface area contributed by atoms with Crippen LogP contribution in [0.4, 0.5) is 0 Å². The van der Waals surface area contributed by atoms with Crippen molar-refractivity contribution in [3.05, 3.63) is 36.0 Å². The molecule has 4 atom stereocenters. The molecule has 4 unspecified atom stereocenters. The summed E-state index contributed by atoms with van der Waals surface area (Å²) in [5, 5.41) is 0. The molecule has 1 aliphatic carbocycles. The summed E-state index contributed by atoms with van der Waals surface area (Å²) >= 11 is 0. The second-order valence-corrected chi connectivity index (χ2v) is 9.18. The third kappa shape index (κ3) is 5.81. The highest BCUT2D eigenvalue weighted by Gasteiger charge is 2.40. The molecule has 2 aliphatic rings. The number of nitrogens with zero attached hydrogens (tertiary/aromatic N) is 1. The van der Waals surface area contributed by atoms with Crippen LogP contribution in [0.2, 0.25) is 0 Å². The SMILES string of the molecule is CCCCC(CCC)C(=O)N1CC(C2=CC=CC(C)(C)C=C2)C(C(C)N)C1. The van der Waals surface area contributed by atoms with Crippen molar-refractivity contribution in [1.82, 2.24) is 4.90 Å². The van der Waals surface area contributed by atoms with Crippen LogP contribution >= 0.6 is 0 Å². The van der Waals surface area contributed by atoms with Gasteiger partial charge in [0.25, 0.3) is 0 Å². The molecule has 1 aliphatic heterocycles. The van der Waals surface area contributed by atoms with E-state index in [4.69, 9.17) is 5.73 Å². The van der Waals surface area contributed by atoms with E-state index >= 15 is 0 Å². The molecular weight excluding hydrogens is 332 g/mol. The predicted octanol–water partition coefficient (Wildman–Crippen LogP) is 5.09. The van der Waals surface area contributed by atoms with E-state index in [1.165, 1.54) is 5.57 Å². The summed E-state index contributed by atoms with van der Waals surface area (Å²) in [6.07, 6.45) is 16.5. The van der Waals surface area contributed by atoms with E-state index in [9.17, 15) is 4.79 Å². The number of amides is 1. The molecule has 0 radical (unpaired) electrons. The maximum atomic E-state index is 13.2. The van der Waals surface area contributed by atoms with Crippen LogP contribution < -0.4 is 5.73 Å². The third-order valence-electron chi connectivity index (χ3n) is 6.19. The first-order valence-electron chi connectivity index (χ1n) is 10.9. The number of carbonyl (C=O) groups is 1. The lowest BCUT2D eigenvalue weighted by Crippen LogP contribution is -2.36. The Labute approximate surface area is 166 Å². The Hall–Kier alpha value is -1.35. The highest BCUT2D eigenvalue weighted by molar-refractivity contribution is 5.79. The normalized spacial score (nSPS) is 26.6. The quantitative estimate of drug-likeness (QED) is 0.645. The van der Waals surface area contributed by atoms with Gasteiger partial charge in [-0.25, -0.2) is 0 Å². The summed E-state index contributed by atoms with van der Waals surface area (Å²) in [6, 6.07) is 0.0857. The fraction of sp³-hybridized carbons (Fsp3) is 0.708. The second-order valence-electron chi connectivity index (χ2n) is 9.18. The van der Waals surface area contributed by atoms with Crippen LogP contribution in [0.25, 0.3) is 0 Å². The minimum atomic E-state index is 0.0720. The lowest BCUT2D eigenvalue weighted by Gasteiger charge is -2.24. The molecule has 3 heteroatoms. The molecule has 0 bridgehead atoms. The van der Waals surface area contributed by atoms with Crippen LogP contribution in [0.1, 0.15) is 66.7 Å². The average molecular weight is 373 g/mol. The number of hydrogen-bond acceptors (Lipinski definition) is 2. The van der Waals surface area contributed by atoms with Gasteiger partial charge in [0.05, 0.1) is 0 Å². The smallest absolute Gasteiger partial charge is 0.225 e. The highest BCUT2D eigenvalue weighted by Crippen LogP contribution is 2.36. The molecule has 2 N–H and O–H groups in total. The number of rotatable bonds is 8. The van der Waals surface area contributed by atoms with Crippen molar-refractivity contribution < 1.29 is 4.79 Å². The van der Waals surface area contributed by atoms with Crippen molar-refractivity contribution in [2.75, 3.05) is 13.1 Å². The molecule has 3 nitrogen and oxygen atoms in total. The summed E-state index contributed by atoms with van der Waals surface area (Å²) in [6.45, 7) is 12.5. The summed E-state index contributed by atoms with van der Waals surface area (Å²) in [5.74, 6) is 1.19. The molecule has 1 fully saturated rings. The standard InChI is InChI=1S/C24H40N2O/c1-6-8-11-20(10-7-2)23(27)26-16-21(18(3)25)22(17-26)19-12-9-14-24(4,5)15-13-19/h9,12-15,18,20-22H,6-8,10-11,16-17,25H2,1-5H3. The molecule has 0 saturated carbocycles. The zero-order chi connectivity index (χ0) is 20.0. The molecule has 1 saturated heterocycles. The van der Waals surface area contributed by atoms with E-state index in [1.54, 1.807) is 0 Å². The van der Waals surface area contributed by atoms with Crippen molar-refractivity contribution in [1.29, 1.82) is 0 Å². The van der Waals surface area contributed by atoms with Crippen molar-refractivity contribution >= 4 is 5.91 Å². The Morgan fingerprint density at radius 1 is 1.22 bits per heavy atom. The Morgan fingerprint density at radius 3 is 2.59 bits per heavy atom. The molecular formula is C24H40N2O. The van der Waals surface area contributed by atoms with Gasteiger partial charge in [-0.3, -0.25) is 4.79 Å². The lowest BCUT2D eigenvalue weighted by atomic mass is 9.84. The first-order chi connectivity index (χ1) is 12.8. The van der Waals surface area contributed by atoms with Crippen LogP contribution in [0.5, 0.6) is 0 Å². The van der Waals surface area contributed by atoms with Crippen LogP contribution in [0.3, 0.4) is 0 Å². The van der Waals surface area contributed by atoms with Gasteiger partial charge in [0, 0.05) is 36.4 Å². The average Bonchev–Trinajstić information content (AvgIpc) is 2.98. The zero-order valence-corrected chi connectivity index (χ0v) is 18.1. The topological polar surface area (TPSA) is 46.3 Å². The lowest BCUT2D eigenvalue weighted by molar-refractivity contribution is -0.135. The molecule has 0 spiro atoms. The van der Waals surface area contributed by atoms with Gasteiger partial charge < -0.3 is 10.6 Å². The first-order valence-corrected chi connectivity index (χ1v) is 10.9. The van der Waals surface area contributed by atoms with E-state index in [0.29, 0.717) is 17.7 Å². The number of nitrogens with two attached hydrogens (primary N) is 1. The highest BCUT2D eigenvalue weighted by atomic mass is 16.2. The predicted molar refractivity (Wildman–Crippen MR) is 115 cm³/mol. The monoisotopic (exact) mass is 372 g/mol. The van der Waals surface area contributed by atoms with Crippen LogP contribution in [-0.2, 0) is 4.79 Å². The van der Waals surface area contributed by atoms with Crippen molar-refractivity contribution in [3.8, 4) is 0 Å². The largest absolute Gasteiger partial charge is 0.341 e. The second kappa shape index (κ2) is 9.73. The van der Waals surface area contributed by atoms with Crippen molar-refractivity contribution in [2.45, 2.75) is 72.8 Å². The summed E-state index contributed by atoms with van der Waals surface area (Å²) < 4.78 is 0. The molecule has 0 aromatic carbocycles. The van der Waals surface area contributed by atoms with Gasteiger partial charge in [-0.15, -0.1) is 0 Å². The van der Waals surface area contributed by atoms with Crippen LogP contribution in [0, 0.1) is 23.2 Å². The van der Waals surface area contributed by atoms with Gasteiger partial charge >= 0.3 is 0 Å². The zero-order valence-electron chi connectivity index (χ0n) is 18.1. The van der Waals surface area contributed by atoms with Gasteiger partial charge in [0.15, 0.2) is 0 Å². The maximum absolute atomic E-state index is 13.2. The Morgan fingerprint density at radius 2 is 1.96 bits per heavy atom. The Kier molecular flexibility index (Phi) is 7.91. The summed E-state index contributed by atoms with van der Waals surface area (Å²) in [5.41, 5.74) is 7.74. The van der Waals surface area contributed by atoms with E-state index in [-0.39, 0.29) is 17.4 Å². The number of allylic oxidation sites excluding steroid dienone is 5. The van der Waals surface area contributed by atoms with Crippen molar-refractivity contribution in [3.63, 3.8) is 0 Å². The van der Waals surface area contributed by atoms with E-state index in [2.05, 4.69) is 69.9 Å². The van der Waals surface area contributed by atoms with Gasteiger partial charge in [-0.1, -0.05) is 77.3 Å². The van der Waals surface area contributed by atoms with E-state index < -0.39 is 0 Å². The van der Waals surface area contributed by atoms with E-state index in [1.807, 2.05) is 0 Å². The number of unbranched alkanes of at least 4 members (excludes halogenated alkanes) is 1. The van der Waals surface area contributed by atoms with Crippen LogP contribution in [-0.4, -0.2) is 29.9 Å². The van der Waals surface area contributed by atoms with Gasteiger partial charge in [0.2, 0.25) is 5.91 Å². The van der Waals surface area contributed by atoms with Gasteiger partial charge in [-0.2, -0.15) is 0 Å². The number of carbonyl (C=O) groups excluding carboxylic acids is 1. The minimum absolute atomic E-state index is 0.0720. The molecule has 1 heterocycles. The molecule has 2 rings (SSSR count). The van der Waals surface area contributed by atoms with E-state index in [0.717, 1.165) is 45.2 Å². The number of hydrogen-bond donors (Lipinski definition) is 1.